The van der Waals surface area contributed by atoms with Crippen LogP contribution in [0.5, 0.6) is 5.75 Å². The van der Waals surface area contributed by atoms with Gasteiger partial charge in [-0.1, -0.05) is 41.9 Å². The van der Waals surface area contributed by atoms with Crippen LogP contribution in [0.3, 0.4) is 0 Å². The number of halogens is 1. The molecule has 2 aromatic carbocycles. The fraction of sp³-hybridized carbons (Fsp3) is 0.304. The molecule has 7 N–H and O–H groups in total. The van der Waals surface area contributed by atoms with Crippen molar-refractivity contribution >= 4 is 35.2 Å². The Hall–Kier alpha value is -3.47. The van der Waals surface area contributed by atoms with Crippen LogP contribution >= 0.6 is 11.6 Å². The van der Waals surface area contributed by atoms with E-state index in [-0.39, 0.29) is 19.4 Å². The summed E-state index contributed by atoms with van der Waals surface area (Å²) in [5.74, 6) is -2.60. The molecule has 10 nitrogen and oxygen atoms in total. The summed E-state index contributed by atoms with van der Waals surface area (Å²) in [5.41, 5.74) is 11.9. The maximum Gasteiger partial charge on any atom is 0.320 e. The van der Waals surface area contributed by atoms with E-state index >= 15 is 0 Å². The van der Waals surface area contributed by atoms with E-state index in [2.05, 4.69) is 5.32 Å². The lowest BCUT2D eigenvalue weighted by atomic mass is 10.1. The fourth-order valence-corrected chi connectivity index (χ4v) is 3.11. The molecule has 0 aliphatic heterocycles. The van der Waals surface area contributed by atoms with Crippen molar-refractivity contribution in [3.63, 3.8) is 0 Å². The number of ether oxygens (including phenoxy) is 1. The number of nitrogens with one attached hydrogen (secondary N) is 2. The molecule has 0 bridgehead atoms. The van der Waals surface area contributed by atoms with Crippen molar-refractivity contribution in [2.24, 2.45) is 11.5 Å². The number of rotatable bonds is 13. The number of hydrogen-bond acceptors (Lipinski definition) is 7. The monoisotopic (exact) mass is 489 g/mol. The highest BCUT2D eigenvalue weighted by atomic mass is 35.5. The van der Waals surface area contributed by atoms with Crippen LogP contribution in [-0.2, 0) is 20.9 Å². The summed E-state index contributed by atoms with van der Waals surface area (Å²) in [5, 5.41) is 20.0. The van der Waals surface area contributed by atoms with Gasteiger partial charge in [0.1, 0.15) is 11.8 Å². The van der Waals surface area contributed by atoms with E-state index in [4.69, 9.17) is 38.3 Å². The van der Waals surface area contributed by atoms with Gasteiger partial charge in [0.2, 0.25) is 12.1 Å². The number of benzene rings is 2. The molecule has 34 heavy (non-hydrogen) atoms. The van der Waals surface area contributed by atoms with E-state index in [0.29, 0.717) is 17.3 Å². The van der Waals surface area contributed by atoms with Crippen LogP contribution in [0.2, 0.25) is 5.02 Å². The largest absolute Gasteiger partial charge is 0.480 e. The van der Waals surface area contributed by atoms with Crippen molar-refractivity contribution in [1.82, 2.24) is 10.2 Å². The topological polar surface area (TPSA) is 172 Å². The predicted molar refractivity (Wildman–Crippen MR) is 127 cm³/mol. The molecule has 2 aromatic rings. The first-order valence-corrected chi connectivity index (χ1v) is 10.9. The van der Waals surface area contributed by atoms with Crippen molar-refractivity contribution in [3.05, 3.63) is 65.2 Å². The second kappa shape index (κ2) is 13.3. The van der Waals surface area contributed by atoms with Crippen molar-refractivity contribution < 1.29 is 24.2 Å². The number of nitrogens with zero attached hydrogens (tertiary/aromatic N) is 1. The highest BCUT2D eigenvalue weighted by Crippen LogP contribution is 2.17. The number of carboxylic acid groups (broad SMARTS) is 1. The summed E-state index contributed by atoms with van der Waals surface area (Å²) in [7, 11) is 0. The smallest absolute Gasteiger partial charge is 0.320 e. The molecule has 0 radical (unpaired) electrons. The zero-order valence-electron chi connectivity index (χ0n) is 18.4. The van der Waals surface area contributed by atoms with Gasteiger partial charge >= 0.3 is 5.97 Å². The zero-order valence-corrected chi connectivity index (χ0v) is 19.2. The zero-order chi connectivity index (χ0) is 25.1. The van der Waals surface area contributed by atoms with Gasteiger partial charge in [-0.25, -0.2) is 0 Å². The van der Waals surface area contributed by atoms with Crippen LogP contribution in [0.1, 0.15) is 24.8 Å². The first-order valence-electron chi connectivity index (χ1n) is 10.5. The number of guanidine groups is 1. The highest BCUT2D eigenvalue weighted by molar-refractivity contribution is 6.30. The van der Waals surface area contributed by atoms with Crippen molar-refractivity contribution in [1.29, 1.82) is 5.41 Å². The van der Waals surface area contributed by atoms with Gasteiger partial charge in [-0.2, -0.15) is 0 Å². The van der Waals surface area contributed by atoms with Crippen LogP contribution in [0.4, 0.5) is 0 Å². The molecule has 11 heteroatoms. The van der Waals surface area contributed by atoms with E-state index in [0.717, 1.165) is 10.5 Å². The lowest BCUT2D eigenvalue weighted by Gasteiger charge is -2.23. The lowest BCUT2D eigenvalue weighted by molar-refractivity contribution is -0.138. The van der Waals surface area contributed by atoms with Gasteiger partial charge in [-0.3, -0.25) is 30.0 Å². The third-order valence-corrected chi connectivity index (χ3v) is 5.08. The summed E-state index contributed by atoms with van der Waals surface area (Å²) in [4.78, 5) is 37.5. The van der Waals surface area contributed by atoms with Gasteiger partial charge in [0, 0.05) is 18.1 Å². The minimum Gasteiger partial charge on any atom is -0.480 e. The van der Waals surface area contributed by atoms with Gasteiger partial charge in [-0.15, -0.1) is 0 Å². The van der Waals surface area contributed by atoms with Gasteiger partial charge in [-0.05, 0) is 42.7 Å². The minimum absolute atomic E-state index is 0.0391. The van der Waals surface area contributed by atoms with Crippen molar-refractivity contribution in [2.45, 2.75) is 38.1 Å². The third kappa shape index (κ3) is 8.81. The number of Topliss-reactive ketones (excluding diaryl/α,β-unsaturated/α-hetero) is 1. The molecule has 0 aliphatic rings. The second-order valence-corrected chi connectivity index (χ2v) is 7.92. The van der Waals surface area contributed by atoms with Gasteiger partial charge in [0.25, 0.3) is 0 Å². The SMILES string of the molecule is N=C(N)N(CCCC(N)C(=O)O)C(=O)CC(=O)C(NCc1ccccc1)Oc1ccc(Cl)cc1. The Morgan fingerprint density at radius 3 is 2.35 bits per heavy atom. The maximum absolute atomic E-state index is 13.0. The first-order chi connectivity index (χ1) is 16.2. The molecule has 0 heterocycles. The Bertz CT molecular complexity index is 987. The number of hydrogen-bond donors (Lipinski definition) is 5. The van der Waals surface area contributed by atoms with Crippen LogP contribution < -0.4 is 21.5 Å². The Labute approximate surface area is 202 Å². The van der Waals surface area contributed by atoms with E-state index in [1.54, 1.807) is 24.3 Å². The Morgan fingerprint density at radius 1 is 1.12 bits per heavy atom. The van der Waals surface area contributed by atoms with E-state index in [9.17, 15) is 14.4 Å². The minimum atomic E-state index is -1.16. The summed E-state index contributed by atoms with van der Waals surface area (Å²) < 4.78 is 5.78. The average Bonchev–Trinajstić information content (AvgIpc) is 2.80. The number of carbonyl (C=O) groups is 3. The molecule has 0 saturated heterocycles. The molecule has 2 atom stereocenters. The Kier molecular flexibility index (Phi) is 10.5. The molecule has 0 spiro atoms. The molecular weight excluding hydrogens is 462 g/mol. The highest BCUT2D eigenvalue weighted by Gasteiger charge is 2.27. The van der Waals surface area contributed by atoms with E-state index < -0.39 is 42.3 Å². The number of aliphatic carboxylic acids is 1. The van der Waals surface area contributed by atoms with E-state index in [1.165, 1.54) is 0 Å². The van der Waals surface area contributed by atoms with Crippen LogP contribution in [0.25, 0.3) is 0 Å². The molecule has 1 amide bonds. The van der Waals surface area contributed by atoms with Gasteiger partial charge < -0.3 is 21.3 Å². The van der Waals surface area contributed by atoms with Gasteiger partial charge in [0.15, 0.2) is 11.7 Å². The summed E-state index contributed by atoms with van der Waals surface area (Å²) in [6.07, 6.45) is -1.45. The Morgan fingerprint density at radius 2 is 1.76 bits per heavy atom. The van der Waals surface area contributed by atoms with E-state index in [1.807, 2.05) is 30.3 Å². The summed E-state index contributed by atoms with van der Waals surface area (Å²) >= 11 is 5.90. The molecule has 0 saturated carbocycles. The third-order valence-electron chi connectivity index (χ3n) is 4.83. The lowest BCUT2D eigenvalue weighted by Crippen LogP contribution is -2.47. The molecule has 2 unspecified atom stereocenters. The number of carboxylic acids is 1. The number of ketones is 1. The molecule has 0 aromatic heterocycles. The quantitative estimate of drug-likeness (QED) is 0.122. The second-order valence-electron chi connectivity index (χ2n) is 7.48. The summed E-state index contributed by atoms with van der Waals surface area (Å²) in [6, 6.07) is 14.7. The predicted octanol–water partition coefficient (Wildman–Crippen LogP) is 1.71. The normalized spacial score (nSPS) is 12.4. The van der Waals surface area contributed by atoms with Gasteiger partial charge in [0.05, 0.1) is 6.42 Å². The number of amides is 1. The number of carbonyl (C=O) groups excluding carboxylic acids is 2. The standard InChI is InChI=1S/C23H28ClN5O5/c24-16-8-10-17(11-9-16)34-21(28-14-15-5-2-1-3-6-15)19(30)13-20(31)29(23(26)27)12-4-7-18(25)22(32)33/h1-3,5-6,8-11,18,21,28H,4,7,12-14,25H2,(H3,26,27)(H,32,33). The molecule has 2 rings (SSSR count). The molecular formula is C23H28ClN5O5. The molecule has 0 fully saturated rings. The van der Waals surface area contributed by atoms with Crippen LogP contribution in [0, 0.1) is 5.41 Å². The number of nitrogens with two attached hydrogens (primary N) is 2. The van der Waals surface area contributed by atoms with Crippen LogP contribution in [0.15, 0.2) is 54.6 Å². The fourth-order valence-electron chi connectivity index (χ4n) is 2.99. The first kappa shape index (κ1) is 26.8. The molecule has 182 valence electrons. The van der Waals surface area contributed by atoms with Crippen molar-refractivity contribution in [3.8, 4) is 5.75 Å². The van der Waals surface area contributed by atoms with Crippen molar-refractivity contribution in [2.75, 3.05) is 6.54 Å². The Balaban J connectivity index is 2.06. The summed E-state index contributed by atoms with van der Waals surface area (Å²) in [6.45, 7) is 0.269. The maximum atomic E-state index is 13.0. The average molecular weight is 490 g/mol. The van der Waals surface area contributed by atoms with Crippen LogP contribution in [-0.4, -0.2) is 52.4 Å². The molecule has 0 aliphatic carbocycles.